The van der Waals surface area contributed by atoms with Crippen molar-refractivity contribution in [3.05, 3.63) is 66.0 Å². The van der Waals surface area contributed by atoms with Gasteiger partial charge in [-0.3, -0.25) is 14.7 Å². The van der Waals surface area contributed by atoms with Crippen LogP contribution in [0.5, 0.6) is 0 Å². The Balaban J connectivity index is 1.79. The van der Waals surface area contributed by atoms with Crippen LogP contribution >= 0.6 is 0 Å². The molecule has 4 heteroatoms. The molecule has 1 aromatic carbocycles. The fraction of sp³-hybridized carbons (Fsp3) is 0.429. The standard InChI is InChI=1S/C21H26N2O2/c1-2-25-20(24)21(15-18-7-4-3-5-8-18)11-6-14-23(17-21)16-19-9-12-22-13-10-19/h3-5,7-10,12-13H,2,6,11,14-17H2,1H3/t21-/m0/s1. The maximum absolute atomic E-state index is 12.9. The molecular weight excluding hydrogens is 312 g/mol. The Labute approximate surface area is 149 Å². The Hall–Kier alpha value is -2.20. The van der Waals surface area contributed by atoms with Gasteiger partial charge in [0.2, 0.25) is 0 Å². The van der Waals surface area contributed by atoms with Crippen molar-refractivity contribution in [2.75, 3.05) is 19.7 Å². The minimum absolute atomic E-state index is 0.0571. The average Bonchev–Trinajstić information content (AvgIpc) is 2.64. The van der Waals surface area contributed by atoms with Crippen LogP contribution in [0.15, 0.2) is 54.9 Å². The predicted octanol–water partition coefficient (Wildman–Crippen LogP) is 3.47. The van der Waals surface area contributed by atoms with Crippen molar-refractivity contribution in [2.24, 2.45) is 5.41 Å². The molecule has 1 aliphatic heterocycles. The number of hydrogen-bond acceptors (Lipinski definition) is 4. The average molecular weight is 338 g/mol. The number of likely N-dealkylation sites (tertiary alicyclic amines) is 1. The first-order chi connectivity index (χ1) is 12.2. The number of hydrogen-bond donors (Lipinski definition) is 0. The fourth-order valence-corrected chi connectivity index (χ4v) is 3.76. The quantitative estimate of drug-likeness (QED) is 0.757. The Kier molecular flexibility index (Phi) is 5.82. The number of esters is 1. The zero-order valence-corrected chi connectivity index (χ0v) is 14.9. The molecule has 1 aliphatic rings. The summed E-state index contributed by atoms with van der Waals surface area (Å²) in [6.07, 6.45) is 6.27. The summed E-state index contributed by atoms with van der Waals surface area (Å²) in [6, 6.07) is 14.4. The van der Waals surface area contributed by atoms with Gasteiger partial charge in [-0.15, -0.1) is 0 Å². The largest absolute Gasteiger partial charge is 0.466 e. The lowest BCUT2D eigenvalue weighted by Crippen LogP contribution is -2.49. The third kappa shape index (κ3) is 4.45. The van der Waals surface area contributed by atoms with Gasteiger partial charge in [-0.05, 0) is 56.0 Å². The molecule has 2 heterocycles. The second-order valence-electron chi connectivity index (χ2n) is 6.83. The zero-order chi connectivity index (χ0) is 17.5. The summed E-state index contributed by atoms with van der Waals surface area (Å²) in [5, 5.41) is 0. The third-order valence-corrected chi connectivity index (χ3v) is 4.91. The Morgan fingerprint density at radius 2 is 1.92 bits per heavy atom. The number of aromatic nitrogens is 1. The van der Waals surface area contributed by atoms with Gasteiger partial charge in [0.05, 0.1) is 12.0 Å². The predicted molar refractivity (Wildman–Crippen MR) is 98.0 cm³/mol. The third-order valence-electron chi connectivity index (χ3n) is 4.91. The molecule has 0 radical (unpaired) electrons. The molecule has 3 rings (SSSR count). The van der Waals surface area contributed by atoms with Gasteiger partial charge < -0.3 is 4.74 Å². The Morgan fingerprint density at radius 1 is 1.16 bits per heavy atom. The van der Waals surface area contributed by atoms with Crippen LogP contribution < -0.4 is 0 Å². The summed E-state index contributed by atoms with van der Waals surface area (Å²) in [7, 11) is 0. The van der Waals surface area contributed by atoms with E-state index in [1.807, 2.05) is 49.6 Å². The van der Waals surface area contributed by atoms with Gasteiger partial charge in [0.25, 0.3) is 0 Å². The summed E-state index contributed by atoms with van der Waals surface area (Å²) >= 11 is 0. The Bertz CT molecular complexity index is 675. The highest BCUT2D eigenvalue weighted by Gasteiger charge is 2.43. The van der Waals surface area contributed by atoms with Crippen LogP contribution in [0.25, 0.3) is 0 Å². The maximum atomic E-state index is 12.9. The molecule has 0 bridgehead atoms. The van der Waals surface area contributed by atoms with E-state index in [9.17, 15) is 4.79 Å². The van der Waals surface area contributed by atoms with Crippen LogP contribution in [0.2, 0.25) is 0 Å². The van der Waals surface area contributed by atoms with E-state index in [0.717, 1.165) is 38.9 Å². The number of ether oxygens (including phenoxy) is 1. The molecule has 132 valence electrons. The summed E-state index contributed by atoms with van der Waals surface area (Å²) in [5.74, 6) is -0.0571. The van der Waals surface area contributed by atoms with E-state index in [4.69, 9.17) is 4.74 Å². The molecule has 1 aromatic heterocycles. The number of carbonyl (C=O) groups is 1. The summed E-state index contributed by atoms with van der Waals surface area (Å²) < 4.78 is 5.48. The molecule has 0 N–H and O–H groups in total. The lowest BCUT2D eigenvalue weighted by Gasteiger charge is -2.41. The van der Waals surface area contributed by atoms with Crippen molar-refractivity contribution in [1.82, 2.24) is 9.88 Å². The SMILES string of the molecule is CCOC(=O)[C@]1(Cc2ccccc2)CCCN(Cc2ccncc2)C1. The van der Waals surface area contributed by atoms with Crippen molar-refractivity contribution >= 4 is 5.97 Å². The molecule has 1 saturated heterocycles. The molecule has 0 unspecified atom stereocenters. The molecule has 0 spiro atoms. The number of piperidine rings is 1. The highest BCUT2D eigenvalue weighted by Crippen LogP contribution is 2.35. The van der Waals surface area contributed by atoms with Gasteiger partial charge >= 0.3 is 5.97 Å². The normalized spacial score (nSPS) is 21.0. The monoisotopic (exact) mass is 338 g/mol. The molecule has 2 aromatic rings. The summed E-state index contributed by atoms with van der Waals surface area (Å²) in [6.45, 7) is 4.91. The van der Waals surface area contributed by atoms with Gasteiger partial charge in [-0.1, -0.05) is 30.3 Å². The van der Waals surface area contributed by atoms with Crippen LogP contribution in [0, 0.1) is 5.41 Å². The van der Waals surface area contributed by atoms with Gasteiger partial charge in [-0.25, -0.2) is 0 Å². The van der Waals surface area contributed by atoms with Gasteiger partial charge in [0, 0.05) is 25.5 Å². The second-order valence-corrected chi connectivity index (χ2v) is 6.83. The maximum Gasteiger partial charge on any atom is 0.313 e. The molecule has 1 fully saturated rings. The molecular formula is C21H26N2O2. The highest BCUT2D eigenvalue weighted by atomic mass is 16.5. The first-order valence-electron chi connectivity index (χ1n) is 9.04. The minimum Gasteiger partial charge on any atom is -0.466 e. The molecule has 0 aliphatic carbocycles. The molecule has 1 atom stereocenters. The van der Waals surface area contributed by atoms with Crippen LogP contribution in [0.1, 0.15) is 30.9 Å². The van der Waals surface area contributed by atoms with Crippen LogP contribution in [0.3, 0.4) is 0 Å². The van der Waals surface area contributed by atoms with Gasteiger partial charge in [0.1, 0.15) is 0 Å². The lowest BCUT2D eigenvalue weighted by atomic mass is 9.75. The van der Waals surface area contributed by atoms with E-state index in [1.165, 1.54) is 11.1 Å². The van der Waals surface area contributed by atoms with E-state index < -0.39 is 5.41 Å². The van der Waals surface area contributed by atoms with Gasteiger partial charge in [0.15, 0.2) is 0 Å². The van der Waals surface area contributed by atoms with Crippen LogP contribution in [0.4, 0.5) is 0 Å². The zero-order valence-electron chi connectivity index (χ0n) is 14.9. The summed E-state index contributed by atoms with van der Waals surface area (Å²) in [5.41, 5.74) is 1.97. The van der Waals surface area contributed by atoms with E-state index in [2.05, 4.69) is 22.0 Å². The van der Waals surface area contributed by atoms with Gasteiger partial charge in [-0.2, -0.15) is 0 Å². The second kappa shape index (κ2) is 8.26. The minimum atomic E-state index is -0.456. The van der Waals surface area contributed by atoms with E-state index in [1.54, 1.807) is 0 Å². The number of pyridine rings is 1. The summed E-state index contributed by atoms with van der Waals surface area (Å²) in [4.78, 5) is 19.3. The molecule has 25 heavy (non-hydrogen) atoms. The highest BCUT2D eigenvalue weighted by molar-refractivity contribution is 5.77. The van der Waals surface area contributed by atoms with Crippen molar-refractivity contribution < 1.29 is 9.53 Å². The van der Waals surface area contributed by atoms with Crippen LogP contribution in [-0.4, -0.2) is 35.5 Å². The molecule has 0 amide bonds. The van der Waals surface area contributed by atoms with Crippen LogP contribution in [-0.2, 0) is 22.5 Å². The van der Waals surface area contributed by atoms with E-state index >= 15 is 0 Å². The van der Waals surface area contributed by atoms with Crippen molar-refractivity contribution in [3.8, 4) is 0 Å². The molecule has 0 saturated carbocycles. The first-order valence-corrected chi connectivity index (χ1v) is 9.04. The lowest BCUT2D eigenvalue weighted by molar-refractivity contribution is -0.159. The van der Waals surface area contributed by atoms with E-state index in [0.29, 0.717) is 6.61 Å². The van der Waals surface area contributed by atoms with Crippen molar-refractivity contribution in [1.29, 1.82) is 0 Å². The topological polar surface area (TPSA) is 42.4 Å². The number of benzene rings is 1. The van der Waals surface area contributed by atoms with Crippen molar-refractivity contribution in [2.45, 2.75) is 32.7 Å². The first kappa shape index (κ1) is 17.6. The number of carbonyl (C=O) groups excluding carboxylic acids is 1. The Morgan fingerprint density at radius 3 is 2.64 bits per heavy atom. The molecule has 4 nitrogen and oxygen atoms in total. The van der Waals surface area contributed by atoms with E-state index in [-0.39, 0.29) is 5.97 Å². The smallest absolute Gasteiger partial charge is 0.313 e. The fourth-order valence-electron chi connectivity index (χ4n) is 3.76. The van der Waals surface area contributed by atoms with Crippen molar-refractivity contribution in [3.63, 3.8) is 0 Å². The number of rotatable bonds is 6. The number of nitrogens with zero attached hydrogens (tertiary/aromatic N) is 2.